The summed E-state index contributed by atoms with van der Waals surface area (Å²) in [5.74, 6) is -0.140. The maximum Gasteiger partial charge on any atom is 0.410 e. The van der Waals surface area contributed by atoms with E-state index in [1.165, 1.54) is 12.1 Å². The van der Waals surface area contributed by atoms with Crippen LogP contribution >= 0.6 is 0 Å². The highest BCUT2D eigenvalue weighted by Crippen LogP contribution is 2.21. The van der Waals surface area contributed by atoms with Gasteiger partial charge in [-0.15, -0.1) is 0 Å². The number of rotatable bonds is 5. The fourth-order valence-corrected chi connectivity index (χ4v) is 3.85. The largest absolute Gasteiger partial charge is 0.444 e. The van der Waals surface area contributed by atoms with Gasteiger partial charge in [0, 0.05) is 26.2 Å². The third-order valence-corrected chi connectivity index (χ3v) is 5.34. The lowest BCUT2D eigenvalue weighted by atomic mass is 10.1. The van der Waals surface area contributed by atoms with E-state index in [9.17, 15) is 18.0 Å². The summed E-state index contributed by atoms with van der Waals surface area (Å²) < 4.78 is 30.9. The summed E-state index contributed by atoms with van der Waals surface area (Å²) in [4.78, 5) is 33.0. The SMILES string of the molecule is CC(C)(C)OC(=O)N1CCN(c2ccc(NC(=O)c3ccccc3NS(C)(=O)=O)nc2)CC1. The molecule has 0 atom stereocenters. The zero-order valence-electron chi connectivity index (χ0n) is 19.2. The van der Waals surface area contributed by atoms with Crippen molar-refractivity contribution in [3.63, 3.8) is 0 Å². The van der Waals surface area contributed by atoms with Gasteiger partial charge in [0.15, 0.2) is 0 Å². The predicted octanol–water partition coefficient (Wildman–Crippen LogP) is 2.76. The molecule has 0 saturated carbocycles. The van der Waals surface area contributed by atoms with Crippen molar-refractivity contribution in [2.24, 2.45) is 0 Å². The molecule has 0 spiro atoms. The van der Waals surface area contributed by atoms with Crippen molar-refractivity contribution in [2.45, 2.75) is 26.4 Å². The van der Waals surface area contributed by atoms with Crippen molar-refractivity contribution < 1.29 is 22.7 Å². The number of carbonyl (C=O) groups excluding carboxylic acids is 2. The van der Waals surface area contributed by atoms with E-state index in [-0.39, 0.29) is 17.3 Å². The Morgan fingerprint density at radius 3 is 2.27 bits per heavy atom. The van der Waals surface area contributed by atoms with Crippen molar-refractivity contribution in [3.05, 3.63) is 48.2 Å². The van der Waals surface area contributed by atoms with E-state index in [4.69, 9.17) is 4.74 Å². The second-order valence-corrected chi connectivity index (χ2v) is 10.5. The van der Waals surface area contributed by atoms with Crippen molar-refractivity contribution in [2.75, 3.05) is 47.4 Å². The maximum absolute atomic E-state index is 12.7. The molecule has 1 aromatic carbocycles. The van der Waals surface area contributed by atoms with Crippen molar-refractivity contribution in [1.82, 2.24) is 9.88 Å². The molecular weight excluding hydrogens is 446 g/mol. The Kier molecular flexibility index (Phi) is 7.11. The smallest absolute Gasteiger partial charge is 0.410 e. The fourth-order valence-electron chi connectivity index (χ4n) is 3.27. The van der Waals surface area contributed by atoms with Gasteiger partial charge >= 0.3 is 6.09 Å². The highest BCUT2D eigenvalue weighted by molar-refractivity contribution is 7.92. The number of pyridine rings is 1. The molecule has 2 amide bonds. The molecule has 2 N–H and O–H groups in total. The summed E-state index contributed by atoms with van der Waals surface area (Å²) in [5, 5.41) is 2.69. The van der Waals surface area contributed by atoms with Gasteiger partial charge in [-0.25, -0.2) is 18.2 Å². The minimum absolute atomic E-state index is 0.187. The molecule has 2 aromatic rings. The number of amides is 2. The van der Waals surface area contributed by atoms with Gasteiger partial charge in [0.05, 0.1) is 29.4 Å². The number of nitrogens with one attached hydrogen (secondary N) is 2. The highest BCUT2D eigenvalue weighted by atomic mass is 32.2. The van der Waals surface area contributed by atoms with Crippen molar-refractivity contribution in [3.8, 4) is 0 Å². The number of hydrogen-bond acceptors (Lipinski definition) is 7. The van der Waals surface area contributed by atoms with E-state index in [0.717, 1.165) is 11.9 Å². The second-order valence-electron chi connectivity index (χ2n) is 8.73. The number of ether oxygens (including phenoxy) is 1. The second kappa shape index (κ2) is 9.65. The van der Waals surface area contributed by atoms with Crippen LogP contribution in [0, 0.1) is 0 Å². The van der Waals surface area contributed by atoms with E-state index < -0.39 is 21.5 Å². The minimum Gasteiger partial charge on any atom is -0.444 e. The van der Waals surface area contributed by atoms with Crippen LogP contribution < -0.4 is 14.9 Å². The van der Waals surface area contributed by atoms with E-state index >= 15 is 0 Å². The monoisotopic (exact) mass is 475 g/mol. The van der Waals surface area contributed by atoms with E-state index in [2.05, 4.69) is 19.9 Å². The van der Waals surface area contributed by atoms with Gasteiger partial charge in [-0.2, -0.15) is 0 Å². The molecule has 1 aliphatic heterocycles. The Morgan fingerprint density at radius 1 is 1.03 bits per heavy atom. The summed E-state index contributed by atoms with van der Waals surface area (Å²) in [5.41, 5.74) is 0.722. The van der Waals surface area contributed by atoms with Crippen LogP contribution in [0.25, 0.3) is 0 Å². The zero-order valence-corrected chi connectivity index (χ0v) is 20.0. The summed E-state index contributed by atoms with van der Waals surface area (Å²) in [6, 6.07) is 9.85. The van der Waals surface area contributed by atoms with Gasteiger partial charge in [0.2, 0.25) is 10.0 Å². The first-order valence-corrected chi connectivity index (χ1v) is 12.4. The summed E-state index contributed by atoms with van der Waals surface area (Å²) in [7, 11) is -3.53. The van der Waals surface area contributed by atoms with Crippen LogP contribution in [0.4, 0.5) is 22.0 Å². The standard InChI is InChI=1S/C22H29N5O5S/c1-22(2,3)32-21(29)27-13-11-26(12-14-27)16-9-10-19(23-15-16)24-20(28)17-7-5-6-8-18(17)25-33(4,30)31/h5-10,15,25H,11-14H2,1-4H3,(H,23,24,28). The Bertz CT molecular complexity index is 1100. The average Bonchev–Trinajstić information content (AvgIpc) is 2.72. The average molecular weight is 476 g/mol. The lowest BCUT2D eigenvalue weighted by molar-refractivity contribution is 0.0240. The van der Waals surface area contributed by atoms with Gasteiger partial charge < -0.3 is 19.9 Å². The van der Waals surface area contributed by atoms with Crippen LogP contribution in [0.3, 0.4) is 0 Å². The first kappa shape index (κ1) is 24.3. The van der Waals surface area contributed by atoms with Crippen LogP contribution in [-0.4, -0.2) is 68.3 Å². The third kappa shape index (κ3) is 7.07. The minimum atomic E-state index is -3.53. The van der Waals surface area contributed by atoms with Gasteiger partial charge in [-0.3, -0.25) is 9.52 Å². The molecule has 1 aliphatic rings. The van der Waals surface area contributed by atoms with Gasteiger partial charge in [0.1, 0.15) is 11.4 Å². The molecule has 0 radical (unpaired) electrons. The van der Waals surface area contributed by atoms with Gasteiger partial charge in [-0.05, 0) is 45.0 Å². The van der Waals surface area contributed by atoms with Gasteiger partial charge in [0.25, 0.3) is 5.91 Å². The van der Waals surface area contributed by atoms with Crippen LogP contribution in [0.1, 0.15) is 31.1 Å². The lowest BCUT2D eigenvalue weighted by Crippen LogP contribution is -2.50. The Balaban J connectivity index is 1.60. The number of para-hydroxylation sites is 1. The third-order valence-electron chi connectivity index (χ3n) is 4.75. The molecule has 33 heavy (non-hydrogen) atoms. The van der Waals surface area contributed by atoms with Crippen LogP contribution in [0.5, 0.6) is 0 Å². The molecule has 11 heteroatoms. The van der Waals surface area contributed by atoms with Crippen LogP contribution in [0.15, 0.2) is 42.6 Å². The molecule has 1 aromatic heterocycles. The number of piperazine rings is 1. The number of sulfonamides is 1. The van der Waals surface area contributed by atoms with E-state index in [0.29, 0.717) is 32.0 Å². The lowest BCUT2D eigenvalue weighted by Gasteiger charge is -2.36. The molecule has 0 aliphatic carbocycles. The van der Waals surface area contributed by atoms with Crippen LogP contribution in [0.2, 0.25) is 0 Å². The first-order valence-electron chi connectivity index (χ1n) is 10.5. The van der Waals surface area contributed by atoms with E-state index in [1.807, 2.05) is 26.8 Å². The van der Waals surface area contributed by atoms with E-state index in [1.54, 1.807) is 29.3 Å². The summed E-state index contributed by atoms with van der Waals surface area (Å²) in [6.07, 6.45) is 2.36. The quantitative estimate of drug-likeness (QED) is 0.682. The molecule has 178 valence electrons. The highest BCUT2D eigenvalue weighted by Gasteiger charge is 2.26. The molecule has 3 rings (SSSR count). The molecule has 0 bridgehead atoms. The molecule has 2 heterocycles. The fraction of sp³-hybridized carbons (Fsp3) is 0.409. The topological polar surface area (TPSA) is 121 Å². The Morgan fingerprint density at radius 2 is 1.70 bits per heavy atom. The molecule has 0 unspecified atom stereocenters. The number of anilines is 3. The van der Waals surface area contributed by atoms with Crippen LogP contribution in [-0.2, 0) is 14.8 Å². The molecule has 1 fully saturated rings. The van der Waals surface area contributed by atoms with Crippen molar-refractivity contribution >= 4 is 39.2 Å². The summed E-state index contributed by atoms with van der Waals surface area (Å²) >= 11 is 0. The maximum atomic E-state index is 12.7. The first-order chi connectivity index (χ1) is 15.4. The number of carbonyl (C=O) groups is 2. The number of aromatic nitrogens is 1. The predicted molar refractivity (Wildman–Crippen MR) is 127 cm³/mol. The molecule has 10 nitrogen and oxygen atoms in total. The Labute approximate surface area is 194 Å². The number of nitrogens with zero attached hydrogens (tertiary/aromatic N) is 3. The number of benzene rings is 1. The van der Waals surface area contributed by atoms with Crippen molar-refractivity contribution in [1.29, 1.82) is 0 Å². The zero-order chi connectivity index (χ0) is 24.2. The Hall–Kier alpha value is -3.34. The molecular formula is C22H29N5O5S. The van der Waals surface area contributed by atoms with Gasteiger partial charge in [-0.1, -0.05) is 12.1 Å². The summed E-state index contributed by atoms with van der Waals surface area (Å²) in [6.45, 7) is 7.87. The normalized spacial score (nSPS) is 14.5. The molecule has 1 saturated heterocycles. The number of hydrogen-bond donors (Lipinski definition) is 2.